The monoisotopic (exact) mass is 584 g/mol. The van der Waals surface area contributed by atoms with Crippen LogP contribution in [0.5, 0.6) is 10.9 Å². The number of hydrogen-bond acceptors (Lipinski definition) is 7. The van der Waals surface area contributed by atoms with Crippen LogP contribution in [0.2, 0.25) is 0 Å². The van der Waals surface area contributed by atoms with E-state index in [1.807, 2.05) is 29.2 Å². The van der Waals surface area contributed by atoms with Gasteiger partial charge in [0.25, 0.3) is 5.19 Å². The largest absolute Gasteiger partial charge is 0.431 e. The fourth-order valence-electron chi connectivity index (χ4n) is 5.55. The molecule has 2 amide bonds. The molecule has 2 saturated heterocycles. The lowest BCUT2D eigenvalue weighted by molar-refractivity contribution is -0.138. The number of para-hydroxylation sites is 1. The molecule has 0 aliphatic carbocycles. The number of anilines is 1. The van der Waals surface area contributed by atoms with E-state index in [0.29, 0.717) is 31.9 Å². The second kappa shape index (κ2) is 10.5. The highest BCUT2D eigenvalue weighted by molar-refractivity contribution is 7.20. The third kappa shape index (κ3) is 5.51. The van der Waals surface area contributed by atoms with Crippen molar-refractivity contribution in [3.05, 3.63) is 66.0 Å². The van der Waals surface area contributed by atoms with E-state index in [4.69, 9.17) is 4.74 Å². The molecule has 2 aromatic carbocycles. The van der Waals surface area contributed by atoms with Crippen LogP contribution in [0.4, 0.5) is 23.7 Å². The number of hydrogen-bond donors (Lipinski definition) is 0. The summed E-state index contributed by atoms with van der Waals surface area (Å²) >= 11 is 1.28. The maximum Gasteiger partial charge on any atom is 0.416 e. The van der Waals surface area contributed by atoms with E-state index in [-0.39, 0.29) is 46.8 Å². The zero-order valence-electron chi connectivity index (χ0n) is 22.3. The van der Waals surface area contributed by atoms with Crippen molar-refractivity contribution in [2.45, 2.75) is 19.6 Å². The number of amides is 2. The summed E-state index contributed by atoms with van der Waals surface area (Å²) < 4.78 is 50.1. The van der Waals surface area contributed by atoms with E-state index in [1.54, 1.807) is 18.0 Å². The van der Waals surface area contributed by atoms with Gasteiger partial charge in [-0.3, -0.25) is 9.69 Å². The minimum Gasteiger partial charge on any atom is -0.431 e. The fourth-order valence-corrected chi connectivity index (χ4v) is 6.39. The van der Waals surface area contributed by atoms with Gasteiger partial charge in [0.1, 0.15) is 5.75 Å². The standard InChI is InChI=1S/C28H27F3N6O3S/c1-17(38)34(2)21-10-32-37(16-21)27(39)36-14-19-12-35(13-20(19)15-36)11-18-7-8-22(9-23(18)28(29,30)31)40-26-33-24-5-3-4-6-25(24)41-26/h3-10,16,19-20H,11-15H2,1-2H3. The maximum atomic E-state index is 14.1. The third-order valence-corrected chi connectivity index (χ3v) is 8.63. The number of ether oxygens (including phenoxy) is 1. The highest BCUT2D eigenvalue weighted by Gasteiger charge is 2.43. The molecule has 0 spiro atoms. The topological polar surface area (TPSA) is 83.8 Å². The number of alkyl halides is 3. The van der Waals surface area contributed by atoms with Crippen LogP contribution in [0.3, 0.4) is 0 Å². The van der Waals surface area contributed by atoms with Gasteiger partial charge in [0, 0.05) is 46.7 Å². The molecule has 13 heteroatoms. The summed E-state index contributed by atoms with van der Waals surface area (Å²) in [7, 11) is 1.61. The molecule has 2 fully saturated rings. The maximum absolute atomic E-state index is 14.1. The number of nitrogens with zero attached hydrogens (tertiary/aromatic N) is 6. The number of likely N-dealkylation sites (tertiary alicyclic amines) is 2. The second-order valence-electron chi connectivity index (χ2n) is 10.5. The second-order valence-corrected chi connectivity index (χ2v) is 11.5. The Labute approximate surface area is 237 Å². The van der Waals surface area contributed by atoms with Crippen LogP contribution < -0.4 is 9.64 Å². The van der Waals surface area contributed by atoms with E-state index >= 15 is 0 Å². The Balaban J connectivity index is 1.10. The molecule has 2 unspecified atom stereocenters. The summed E-state index contributed by atoms with van der Waals surface area (Å²) in [6.45, 7) is 3.76. The van der Waals surface area contributed by atoms with Crippen molar-refractivity contribution < 1.29 is 27.5 Å². The van der Waals surface area contributed by atoms with E-state index in [9.17, 15) is 22.8 Å². The van der Waals surface area contributed by atoms with E-state index in [2.05, 4.69) is 10.1 Å². The Morgan fingerprint density at radius 2 is 1.83 bits per heavy atom. The lowest BCUT2D eigenvalue weighted by atomic mass is 10.0. The SMILES string of the molecule is CC(=O)N(C)c1cnn(C(=O)N2CC3CN(Cc4ccc(Oc5nc6ccccc6s5)cc4C(F)(F)F)CC3C2)c1. The summed E-state index contributed by atoms with van der Waals surface area (Å²) in [6.07, 6.45) is -1.56. The minimum absolute atomic E-state index is 0.0869. The highest BCUT2D eigenvalue weighted by Crippen LogP contribution is 2.39. The number of rotatable bonds is 5. The summed E-state index contributed by atoms with van der Waals surface area (Å²) in [5.41, 5.74) is 0.707. The normalized spacial score (nSPS) is 19.1. The van der Waals surface area contributed by atoms with Crippen molar-refractivity contribution in [2.75, 3.05) is 38.1 Å². The Morgan fingerprint density at radius 3 is 2.51 bits per heavy atom. The van der Waals surface area contributed by atoms with Gasteiger partial charge in [0.15, 0.2) is 0 Å². The van der Waals surface area contributed by atoms with Gasteiger partial charge in [-0.1, -0.05) is 29.5 Å². The molecule has 6 rings (SSSR count). The van der Waals surface area contributed by atoms with Gasteiger partial charge in [-0.15, -0.1) is 0 Å². The quantitative estimate of drug-likeness (QED) is 0.316. The molecule has 0 bridgehead atoms. The zero-order chi connectivity index (χ0) is 28.9. The molecule has 2 aliphatic rings. The number of aromatic nitrogens is 3. The van der Waals surface area contributed by atoms with Gasteiger partial charge in [-0.2, -0.15) is 23.0 Å². The predicted molar refractivity (Wildman–Crippen MR) is 147 cm³/mol. The van der Waals surface area contributed by atoms with Crippen molar-refractivity contribution in [1.29, 1.82) is 0 Å². The summed E-state index contributed by atoms with van der Waals surface area (Å²) in [5.74, 6) is 0.232. The van der Waals surface area contributed by atoms with Crippen molar-refractivity contribution >= 4 is 39.2 Å². The first-order valence-corrected chi connectivity index (χ1v) is 13.9. The van der Waals surface area contributed by atoms with Crippen molar-refractivity contribution in [2.24, 2.45) is 11.8 Å². The summed E-state index contributed by atoms with van der Waals surface area (Å²) in [4.78, 5) is 34.1. The molecule has 0 N–H and O–H groups in total. The average molecular weight is 585 g/mol. The van der Waals surface area contributed by atoms with Gasteiger partial charge in [-0.05, 0) is 41.7 Å². The molecule has 2 aliphatic heterocycles. The molecule has 214 valence electrons. The first-order chi connectivity index (χ1) is 19.5. The number of carbonyl (C=O) groups is 2. The van der Waals surface area contributed by atoms with Crippen LogP contribution in [-0.4, -0.2) is 69.7 Å². The first kappa shape index (κ1) is 27.2. The van der Waals surface area contributed by atoms with E-state index < -0.39 is 11.7 Å². The van der Waals surface area contributed by atoms with Crippen molar-refractivity contribution in [1.82, 2.24) is 24.6 Å². The van der Waals surface area contributed by atoms with Crippen LogP contribution in [0.1, 0.15) is 18.1 Å². The molecule has 0 radical (unpaired) electrons. The van der Waals surface area contributed by atoms with Crippen LogP contribution in [0.15, 0.2) is 54.9 Å². The van der Waals surface area contributed by atoms with Crippen LogP contribution in [-0.2, 0) is 17.5 Å². The summed E-state index contributed by atoms with van der Waals surface area (Å²) in [5, 5.41) is 4.39. The minimum atomic E-state index is -4.54. The molecule has 4 aromatic rings. The van der Waals surface area contributed by atoms with Crippen LogP contribution >= 0.6 is 11.3 Å². The molecular weight excluding hydrogens is 557 g/mol. The smallest absolute Gasteiger partial charge is 0.416 e. The van der Waals surface area contributed by atoms with Crippen LogP contribution in [0, 0.1) is 11.8 Å². The number of halogens is 3. The van der Waals surface area contributed by atoms with Gasteiger partial charge in [-0.25, -0.2) is 9.78 Å². The lowest BCUT2D eigenvalue weighted by Crippen LogP contribution is -2.36. The molecule has 2 aromatic heterocycles. The fraction of sp³-hybridized carbons (Fsp3) is 0.357. The number of carbonyl (C=O) groups excluding carboxylic acids is 2. The molecule has 4 heterocycles. The number of thiazole rings is 1. The molecule has 9 nitrogen and oxygen atoms in total. The lowest BCUT2D eigenvalue weighted by Gasteiger charge is -2.23. The van der Waals surface area contributed by atoms with Crippen molar-refractivity contribution in [3.8, 4) is 10.9 Å². The van der Waals surface area contributed by atoms with Crippen molar-refractivity contribution in [3.63, 3.8) is 0 Å². The molecule has 41 heavy (non-hydrogen) atoms. The van der Waals surface area contributed by atoms with Gasteiger partial charge in [0.2, 0.25) is 5.91 Å². The Bertz CT molecular complexity index is 1570. The highest BCUT2D eigenvalue weighted by atomic mass is 32.1. The molecule has 2 atom stereocenters. The average Bonchev–Trinajstić information content (AvgIpc) is 3.70. The molecular formula is C28H27F3N6O3S. The Morgan fingerprint density at radius 1 is 1.10 bits per heavy atom. The van der Waals surface area contributed by atoms with Gasteiger partial charge < -0.3 is 14.5 Å². The van der Waals surface area contributed by atoms with E-state index in [0.717, 1.165) is 16.3 Å². The predicted octanol–water partition coefficient (Wildman–Crippen LogP) is 5.32. The first-order valence-electron chi connectivity index (χ1n) is 13.1. The number of fused-ring (bicyclic) bond motifs is 2. The van der Waals surface area contributed by atoms with Gasteiger partial charge in [0.05, 0.1) is 33.9 Å². The molecule has 0 saturated carbocycles. The van der Waals surface area contributed by atoms with E-state index in [1.165, 1.54) is 46.3 Å². The van der Waals surface area contributed by atoms with Gasteiger partial charge >= 0.3 is 12.2 Å². The Hall–Kier alpha value is -3.97. The zero-order valence-corrected chi connectivity index (χ0v) is 23.2. The third-order valence-electron chi connectivity index (χ3n) is 7.72. The summed E-state index contributed by atoms with van der Waals surface area (Å²) in [6, 6.07) is 11.2. The Kier molecular flexibility index (Phi) is 6.94. The number of benzene rings is 2. The van der Waals surface area contributed by atoms with Crippen LogP contribution in [0.25, 0.3) is 10.2 Å².